The maximum Gasteiger partial charge on any atom is 0.0784 e. The molecule has 0 aliphatic carbocycles. The highest BCUT2D eigenvalue weighted by atomic mass is 14.8. The van der Waals surface area contributed by atoms with Crippen LogP contribution in [0.25, 0.3) is 6.08 Å². The lowest BCUT2D eigenvalue weighted by Crippen LogP contribution is -2.19. The summed E-state index contributed by atoms with van der Waals surface area (Å²) < 4.78 is 0. The topological polar surface area (TPSA) is 52.0 Å². The van der Waals surface area contributed by atoms with Crippen molar-refractivity contribution in [2.24, 2.45) is 11.5 Å². The van der Waals surface area contributed by atoms with Crippen LogP contribution in [0.3, 0.4) is 0 Å². The lowest BCUT2D eigenvalue weighted by Gasteiger charge is -2.04. The van der Waals surface area contributed by atoms with Gasteiger partial charge in [0.1, 0.15) is 0 Å². The van der Waals surface area contributed by atoms with Crippen LogP contribution in [0, 0.1) is 0 Å². The van der Waals surface area contributed by atoms with Crippen LogP contribution in [-0.4, -0.2) is 0 Å². The molecule has 2 heteroatoms. The van der Waals surface area contributed by atoms with E-state index >= 15 is 0 Å². The highest BCUT2D eigenvalue weighted by molar-refractivity contribution is 5.49. The van der Waals surface area contributed by atoms with Crippen LogP contribution in [0.1, 0.15) is 24.2 Å². The SMILES string of the molecule is C/C=C/c1ccc(C(N)N)cc1. The number of hydrogen-bond donors (Lipinski definition) is 2. The number of rotatable bonds is 2. The second-order valence-electron chi connectivity index (χ2n) is 2.69. The fourth-order valence-electron chi connectivity index (χ4n) is 1.02. The first-order valence-electron chi connectivity index (χ1n) is 3.98. The molecular formula is C10H14N2. The maximum absolute atomic E-state index is 5.50. The molecule has 64 valence electrons. The summed E-state index contributed by atoms with van der Waals surface area (Å²) in [6.07, 6.45) is 3.66. The summed E-state index contributed by atoms with van der Waals surface area (Å²) in [7, 11) is 0. The molecule has 0 saturated carbocycles. The van der Waals surface area contributed by atoms with Gasteiger partial charge in [-0.3, -0.25) is 0 Å². The summed E-state index contributed by atoms with van der Waals surface area (Å²) in [5.74, 6) is 0. The minimum absolute atomic E-state index is 0.371. The molecule has 0 atom stereocenters. The Balaban J connectivity index is 2.85. The number of nitrogens with two attached hydrogens (primary N) is 2. The molecular weight excluding hydrogens is 148 g/mol. The van der Waals surface area contributed by atoms with Gasteiger partial charge in [0.2, 0.25) is 0 Å². The minimum atomic E-state index is -0.371. The van der Waals surface area contributed by atoms with Gasteiger partial charge in [0.05, 0.1) is 6.17 Å². The van der Waals surface area contributed by atoms with Crippen molar-refractivity contribution in [3.8, 4) is 0 Å². The van der Waals surface area contributed by atoms with Gasteiger partial charge in [-0.05, 0) is 18.1 Å². The molecule has 0 amide bonds. The minimum Gasteiger partial charge on any atom is -0.312 e. The lowest BCUT2D eigenvalue weighted by molar-refractivity contribution is 0.774. The molecule has 1 rings (SSSR count). The van der Waals surface area contributed by atoms with Crippen molar-refractivity contribution < 1.29 is 0 Å². The second-order valence-corrected chi connectivity index (χ2v) is 2.69. The van der Waals surface area contributed by atoms with Crippen molar-refractivity contribution in [3.63, 3.8) is 0 Å². The Morgan fingerprint density at radius 1 is 1.17 bits per heavy atom. The van der Waals surface area contributed by atoms with Crippen LogP contribution in [-0.2, 0) is 0 Å². The normalized spacial score (nSPS) is 11.3. The Hall–Kier alpha value is -1.12. The maximum atomic E-state index is 5.50. The third kappa shape index (κ3) is 2.19. The largest absolute Gasteiger partial charge is 0.312 e. The molecule has 0 bridgehead atoms. The smallest absolute Gasteiger partial charge is 0.0784 e. The van der Waals surface area contributed by atoms with E-state index < -0.39 is 0 Å². The Kier molecular flexibility index (Phi) is 3.02. The zero-order valence-corrected chi connectivity index (χ0v) is 7.20. The van der Waals surface area contributed by atoms with Gasteiger partial charge in [-0.2, -0.15) is 0 Å². The van der Waals surface area contributed by atoms with E-state index in [1.807, 2.05) is 43.3 Å². The van der Waals surface area contributed by atoms with E-state index in [4.69, 9.17) is 11.5 Å². The van der Waals surface area contributed by atoms with Gasteiger partial charge in [-0.15, -0.1) is 0 Å². The van der Waals surface area contributed by atoms with Crippen molar-refractivity contribution in [2.45, 2.75) is 13.1 Å². The first-order valence-corrected chi connectivity index (χ1v) is 3.98. The van der Waals surface area contributed by atoms with Gasteiger partial charge >= 0.3 is 0 Å². The Morgan fingerprint density at radius 3 is 2.17 bits per heavy atom. The van der Waals surface area contributed by atoms with Crippen LogP contribution in [0.5, 0.6) is 0 Å². The molecule has 0 spiro atoms. The van der Waals surface area contributed by atoms with E-state index in [0.29, 0.717) is 0 Å². The molecule has 1 aromatic rings. The fourth-order valence-corrected chi connectivity index (χ4v) is 1.02. The molecule has 12 heavy (non-hydrogen) atoms. The van der Waals surface area contributed by atoms with Crippen molar-refractivity contribution in [2.75, 3.05) is 0 Å². The summed E-state index contributed by atoms with van der Waals surface area (Å²) >= 11 is 0. The Labute approximate surface area is 72.9 Å². The number of hydrogen-bond acceptors (Lipinski definition) is 2. The summed E-state index contributed by atoms with van der Waals surface area (Å²) in [5.41, 5.74) is 13.1. The molecule has 1 aromatic carbocycles. The monoisotopic (exact) mass is 162 g/mol. The molecule has 0 saturated heterocycles. The summed E-state index contributed by atoms with van der Waals surface area (Å²) in [6.45, 7) is 1.99. The summed E-state index contributed by atoms with van der Waals surface area (Å²) in [4.78, 5) is 0. The molecule has 0 fully saturated rings. The summed E-state index contributed by atoms with van der Waals surface area (Å²) in [6, 6.07) is 7.89. The van der Waals surface area contributed by atoms with Gasteiger partial charge in [-0.25, -0.2) is 0 Å². The third-order valence-corrected chi connectivity index (χ3v) is 1.68. The van der Waals surface area contributed by atoms with E-state index in [-0.39, 0.29) is 6.17 Å². The number of benzene rings is 1. The summed E-state index contributed by atoms with van der Waals surface area (Å²) in [5, 5.41) is 0. The third-order valence-electron chi connectivity index (χ3n) is 1.68. The molecule has 0 heterocycles. The quantitative estimate of drug-likeness (QED) is 0.649. The van der Waals surface area contributed by atoms with Gasteiger partial charge in [0.15, 0.2) is 0 Å². The molecule has 0 radical (unpaired) electrons. The van der Waals surface area contributed by atoms with Gasteiger partial charge in [0, 0.05) is 0 Å². The van der Waals surface area contributed by atoms with Crippen molar-refractivity contribution in [1.82, 2.24) is 0 Å². The lowest BCUT2D eigenvalue weighted by atomic mass is 10.1. The predicted octanol–water partition coefficient (Wildman–Crippen LogP) is 1.64. The van der Waals surface area contributed by atoms with Crippen LogP contribution in [0.4, 0.5) is 0 Å². The molecule has 0 aliphatic heterocycles. The first kappa shape index (κ1) is 8.97. The van der Waals surface area contributed by atoms with E-state index in [1.54, 1.807) is 0 Å². The Bertz CT molecular complexity index is 260. The van der Waals surface area contributed by atoms with Gasteiger partial charge in [0.25, 0.3) is 0 Å². The van der Waals surface area contributed by atoms with Crippen molar-refractivity contribution in [1.29, 1.82) is 0 Å². The zero-order chi connectivity index (χ0) is 8.97. The number of allylic oxidation sites excluding steroid dienone is 1. The van der Waals surface area contributed by atoms with Crippen LogP contribution >= 0.6 is 0 Å². The molecule has 0 aromatic heterocycles. The van der Waals surface area contributed by atoms with Crippen molar-refractivity contribution in [3.05, 3.63) is 41.5 Å². The first-order chi connectivity index (χ1) is 5.74. The molecule has 4 N–H and O–H groups in total. The highest BCUT2D eigenvalue weighted by Crippen LogP contribution is 2.08. The zero-order valence-electron chi connectivity index (χ0n) is 7.20. The van der Waals surface area contributed by atoms with Gasteiger partial charge in [-0.1, -0.05) is 36.4 Å². The van der Waals surface area contributed by atoms with E-state index in [2.05, 4.69) is 0 Å². The fraction of sp³-hybridized carbons (Fsp3) is 0.200. The van der Waals surface area contributed by atoms with Crippen LogP contribution in [0.15, 0.2) is 30.3 Å². The Morgan fingerprint density at radius 2 is 1.75 bits per heavy atom. The van der Waals surface area contributed by atoms with E-state index in [9.17, 15) is 0 Å². The standard InChI is InChI=1S/C10H14N2/c1-2-3-8-4-6-9(7-5-8)10(11)12/h2-7,10H,11-12H2,1H3/b3-2+. The van der Waals surface area contributed by atoms with E-state index in [0.717, 1.165) is 5.56 Å². The van der Waals surface area contributed by atoms with Gasteiger partial charge < -0.3 is 11.5 Å². The molecule has 2 nitrogen and oxygen atoms in total. The highest BCUT2D eigenvalue weighted by Gasteiger charge is 1.96. The molecule has 0 unspecified atom stereocenters. The second kappa shape index (κ2) is 4.04. The molecule has 0 aliphatic rings. The average Bonchev–Trinajstić information content (AvgIpc) is 2.06. The van der Waals surface area contributed by atoms with Crippen molar-refractivity contribution >= 4 is 6.08 Å². The van der Waals surface area contributed by atoms with Crippen LogP contribution in [0.2, 0.25) is 0 Å². The van der Waals surface area contributed by atoms with Crippen LogP contribution < -0.4 is 11.5 Å². The average molecular weight is 162 g/mol. The van der Waals surface area contributed by atoms with E-state index in [1.165, 1.54) is 5.56 Å². The predicted molar refractivity (Wildman–Crippen MR) is 52.3 cm³/mol.